The molecule has 0 aliphatic carbocycles. The van der Waals surface area contributed by atoms with Gasteiger partial charge in [-0.25, -0.2) is 0 Å². The molecule has 1 heterocycles. The van der Waals surface area contributed by atoms with Crippen LogP contribution in [-0.4, -0.2) is 0 Å². The van der Waals surface area contributed by atoms with Gasteiger partial charge in [0.2, 0.25) is 0 Å². The molecule has 2 heteroatoms. The van der Waals surface area contributed by atoms with Gasteiger partial charge < -0.3 is 4.74 Å². The van der Waals surface area contributed by atoms with Crippen molar-refractivity contribution >= 4 is 0 Å². The van der Waals surface area contributed by atoms with Crippen molar-refractivity contribution < 1.29 is 24.2 Å². The van der Waals surface area contributed by atoms with Crippen molar-refractivity contribution in [3.63, 3.8) is 0 Å². The number of allylic oxidation sites excluding steroid dienone is 1. The standard InChI is InChI=1S/C9H8O.Ru/c1-2-6-9-8(4-1)5-3-7-10-9;/h1-4,6-7H,5H2;. The molecule has 0 unspecified atom stereocenters. The minimum absolute atomic E-state index is 0. The molecule has 1 aliphatic rings. The van der Waals surface area contributed by atoms with Crippen molar-refractivity contribution in [3.8, 4) is 5.75 Å². The molecule has 0 N–H and O–H groups in total. The fraction of sp³-hybridized carbons (Fsp3) is 0.111. The Labute approximate surface area is 78.8 Å². The molecule has 1 nitrogen and oxygen atoms in total. The third-order valence-corrected chi connectivity index (χ3v) is 1.60. The summed E-state index contributed by atoms with van der Waals surface area (Å²) in [5, 5.41) is 0. The molecule has 0 spiro atoms. The van der Waals surface area contributed by atoms with Gasteiger partial charge >= 0.3 is 0 Å². The molecule has 11 heavy (non-hydrogen) atoms. The fourth-order valence-corrected chi connectivity index (χ4v) is 1.08. The van der Waals surface area contributed by atoms with Crippen LogP contribution in [0, 0.1) is 0 Å². The second-order valence-electron chi connectivity index (χ2n) is 2.30. The van der Waals surface area contributed by atoms with Gasteiger partial charge in [-0.15, -0.1) is 0 Å². The van der Waals surface area contributed by atoms with E-state index >= 15 is 0 Å². The molecule has 0 aromatic heterocycles. The van der Waals surface area contributed by atoms with Gasteiger partial charge in [-0.1, -0.05) is 18.2 Å². The molecule has 2 rings (SSSR count). The molecular formula is C9H8ORu. The summed E-state index contributed by atoms with van der Waals surface area (Å²) < 4.78 is 5.24. The molecule has 0 saturated carbocycles. The maximum atomic E-state index is 5.24. The van der Waals surface area contributed by atoms with E-state index in [0.29, 0.717) is 0 Å². The zero-order chi connectivity index (χ0) is 6.81. The quantitative estimate of drug-likeness (QED) is 0.624. The van der Waals surface area contributed by atoms with Gasteiger partial charge in [-0.2, -0.15) is 0 Å². The van der Waals surface area contributed by atoms with Crippen LogP contribution < -0.4 is 4.74 Å². The zero-order valence-electron chi connectivity index (χ0n) is 5.93. The molecule has 0 bridgehead atoms. The van der Waals surface area contributed by atoms with E-state index in [2.05, 4.69) is 6.07 Å². The molecule has 1 aliphatic heterocycles. The van der Waals surface area contributed by atoms with Gasteiger partial charge in [-0.3, -0.25) is 0 Å². The van der Waals surface area contributed by atoms with Crippen molar-refractivity contribution in [2.24, 2.45) is 0 Å². The van der Waals surface area contributed by atoms with E-state index < -0.39 is 0 Å². The van der Waals surface area contributed by atoms with Crippen LogP contribution >= 0.6 is 0 Å². The Kier molecular flexibility index (Phi) is 2.84. The van der Waals surface area contributed by atoms with Gasteiger partial charge in [0.25, 0.3) is 0 Å². The topological polar surface area (TPSA) is 9.23 Å². The van der Waals surface area contributed by atoms with Crippen molar-refractivity contribution in [2.45, 2.75) is 6.42 Å². The fourth-order valence-electron chi connectivity index (χ4n) is 1.08. The second-order valence-corrected chi connectivity index (χ2v) is 2.30. The maximum Gasteiger partial charge on any atom is 0.130 e. The van der Waals surface area contributed by atoms with Crippen LogP contribution in [0.4, 0.5) is 0 Å². The number of benzene rings is 1. The third kappa shape index (κ3) is 1.69. The average Bonchev–Trinajstić information content (AvgIpc) is 2.05. The number of fused-ring (bicyclic) bond motifs is 1. The van der Waals surface area contributed by atoms with E-state index in [9.17, 15) is 0 Å². The molecule has 0 atom stereocenters. The summed E-state index contributed by atoms with van der Waals surface area (Å²) in [6.07, 6.45) is 4.75. The van der Waals surface area contributed by atoms with E-state index in [-0.39, 0.29) is 19.5 Å². The third-order valence-electron chi connectivity index (χ3n) is 1.60. The number of hydrogen-bond acceptors (Lipinski definition) is 1. The normalized spacial score (nSPS) is 12.7. The molecule has 0 amide bonds. The average molecular weight is 233 g/mol. The van der Waals surface area contributed by atoms with E-state index in [4.69, 9.17) is 4.74 Å². The van der Waals surface area contributed by atoms with Gasteiger partial charge in [0, 0.05) is 19.5 Å². The summed E-state index contributed by atoms with van der Waals surface area (Å²) in [7, 11) is 0. The minimum atomic E-state index is 0. The Bertz CT molecular complexity index is 241. The smallest absolute Gasteiger partial charge is 0.130 e. The Hall–Kier alpha value is -0.617. The van der Waals surface area contributed by atoms with Crippen molar-refractivity contribution in [2.75, 3.05) is 0 Å². The number of ether oxygens (including phenoxy) is 1. The largest absolute Gasteiger partial charge is 0.465 e. The maximum absolute atomic E-state index is 5.24. The van der Waals surface area contributed by atoms with E-state index in [1.165, 1.54) is 5.56 Å². The molecule has 0 saturated heterocycles. The predicted octanol–water partition coefficient (Wildman–Crippen LogP) is 2.13. The van der Waals surface area contributed by atoms with Crippen LogP contribution in [-0.2, 0) is 25.9 Å². The van der Waals surface area contributed by atoms with Gasteiger partial charge in [-0.05, 0) is 24.1 Å². The summed E-state index contributed by atoms with van der Waals surface area (Å²) in [4.78, 5) is 0. The second kappa shape index (κ2) is 3.68. The zero-order valence-corrected chi connectivity index (χ0v) is 7.67. The Morgan fingerprint density at radius 2 is 2.00 bits per heavy atom. The molecular weight excluding hydrogens is 225 g/mol. The first-order chi connectivity index (χ1) is 4.97. The Morgan fingerprint density at radius 3 is 2.82 bits per heavy atom. The van der Waals surface area contributed by atoms with Crippen molar-refractivity contribution in [1.29, 1.82) is 0 Å². The monoisotopic (exact) mass is 234 g/mol. The molecule has 0 radical (unpaired) electrons. The van der Waals surface area contributed by atoms with Crippen LogP contribution in [0.5, 0.6) is 5.75 Å². The summed E-state index contributed by atoms with van der Waals surface area (Å²) in [6, 6.07) is 8.08. The number of para-hydroxylation sites is 1. The van der Waals surface area contributed by atoms with Crippen molar-refractivity contribution in [3.05, 3.63) is 42.2 Å². The van der Waals surface area contributed by atoms with Crippen LogP contribution in [0.2, 0.25) is 0 Å². The molecule has 58 valence electrons. The number of rotatable bonds is 0. The van der Waals surface area contributed by atoms with Gasteiger partial charge in [0.15, 0.2) is 0 Å². The van der Waals surface area contributed by atoms with Gasteiger partial charge in [0.1, 0.15) is 5.75 Å². The molecule has 1 aromatic carbocycles. The summed E-state index contributed by atoms with van der Waals surface area (Å²) in [5.74, 6) is 0.991. The first-order valence-electron chi connectivity index (χ1n) is 3.36. The van der Waals surface area contributed by atoms with Crippen LogP contribution in [0.3, 0.4) is 0 Å². The summed E-state index contributed by atoms with van der Waals surface area (Å²) in [6.45, 7) is 0. The molecule has 1 aromatic rings. The van der Waals surface area contributed by atoms with E-state index in [1.54, 1.807) is 6.26 Å². The summed E-state index contributed by atoms with van der Waals surface area (Å²) >= 11 is 0. The van der Waals surface area contributed by atoms with Crippen LogP contribution in [0.15, 0.2) is 36.6 Å². The Balaban J connectivity index is 0.000000605. The number of hydrogen-bond donors (Lipinski definition) is 0. The van der Waals surface area contributed by atoms with Gasteiger partial charge in [0.05, 0.1) is 6.26 Å². The first-order valence-corrected chi connectivity index (χ1v) is 3.36. The first kappa shape index (κ1) is 8.48. The molecule has 0 fully saturated rings. The minimum Gasteiger partial charge on any atom is -0.465 e. The van der Waals surface area contributed by atoms with Crippen LogP contribution in [0.25, 0.3) is 0 Å². The Morgan fingerprint density at radius 1 is 1.18 bits per heavy atom. The summed E-state index contributed by atoms with van der Waals surface area (Å²) in [5.41, 5.74) is 1.27. The van der Waals surface area contributed by atoms with Crippen LogP contribution in [0.1, 0.15) is 5.56 Å². The van der Waals surface area contributed by atoms with E-state index in [0.717, 1.165) is 12.2 Å². The van der Waals surface area contributed by atoms with E-state index in [1.807, 2.05) is 24.3 Å². The SMILES string of the molecule is C1=COc2ccccc2C1.[Ru]. The van der Waals surface area contributed by atoms with Crippen molar-refractivity contribution in [1.82, 2.24) is 0 Å². The predicted molar refractivity (Wildman–Crippen MR) is 39.9 cm³/mol.